The molecule has 0 bridgehead atoms. The van der Waals surface area contributed by atoms with Crippen LogP contribution in [0.5, 0.6) is 11.5 Å². The van der Waals surface area contributed by atoms with E-state index in [2.05, 4.69) is 4.90 Å². The van der Waals surface area contributed by atoms with E-state index in [0.29, 0.717) is 75.3 Å². The fraction of sp³-hybridized carbons (Fsp3) is 0.600. The monoisotopic (exact) mass is 668 g/mol. The number of carbonyl (C=O) groups excluding carboxylic acids is 2. The number of piperidine rings is 2. The second-order valence-corrected chi connectivity index (χ2v) is 15.2. The minimum absolute atomic E-state index is 0.0451. The topological polar surface area (TPSA) is 109 Å². The predicted octanol–water partition coefficient (Wildman–Crippen LogP) is 4.90. The number of anilines is 1. The van der Waals surface area contributed by atoms with E-state index in [1.807, 2.05) is 24.3 Å². The number of carbonyl (C=O) groups is 2. The number of fused-ring (bicyclic) bond motifs is 1. The second kappa shape index (κ2) is 15.3. The number of ether oxygens (including phenoxy) is 3. The summed E-state index contributed by atoms with van der Waals surface area (Å²) in [6.45, 7) is 5.20. The first-order valence-electron chi connectivity index (χ1n) is 17.2. The maximum atomic E-state index is 13.6. The van der Waals surface area contributed by atoms with Gasteiger partial charge in [-0.2, -0.15) is 0 Å². The highest BCUT2D eigenvalue weighted by atomic mass is 32.2. The van der Waals surface area contributed by atoms with E-state index in [4.69, 9.17) is 14.2 Å². The Morgan fingerprint density at radius 1 is 0.915 bits per heavy atom. The van der Waals surface area contributed by atoms with Crippen molar-refractivity contribution < 1.29 is 32.2 Å². The van der Waals surface area contributed by atoms with Gasteiger partial charge in [0.1, 0.15) is 24.2 Å². The molecule has 3 fully saturated rings. The number of rotatable bonds is 10. The molecule has 256 valence electrons. The zero-order valence-corrected chi connectivity index (χ0v) is 28.3. The number of benzene rings is 2. The highest BCUT2D eigenvalue weighted by Gasteiger charge is 2.36. The Labute approximate surface area is 278 Å². The minimum Gasteiger partial charge on any atom is -0.496 e. The van der Waals surface area contributed by atoms with Gasteiger partial charge in [-0.1, -0.05) is 31.0 Å². The summed E-state index contributed by atoms with van der Waals surface area (Å²) in [5, 5.41) is 0. The molecule has 6 rings (SSSR count). The summed E-state index contributed by atoms with van der Waals surface area (Å²) in [5.41, 5.74) is 2.33. The number of hydrogen-bond donors (Lipinski definition) is 0. The van der Waals surface area contributed by atoms with Gasteiger partial charge in [0, 0.05) is 43.9 Å². The minimum atomic E-state index is -3.29. The molecule has 4 heterocycles. The lowest BCUT2D eigenvalue weighted by atomic mass is 10.00. The molecule has 4 aliphatic rings. The SMILES string of the molecule is COc1cc(OC2CCN(S(=O)(=O)CCCN3CCCCCC3)CC2)ccc1C(=O)N1CCC(N2C(=O)OCc3ccccc32)CC1. The fourth-order valence-electron chi connectivity index (χ4n) is 7.32. The Morgan fingerprint density at radius 3 is 2.36 bits per heavy atom. The van der Waals surface area contributed by atoms with Crippen molar-refractivity contribution in [2.75, 3.05) is 63.6 Å². The van der Waals surface area contributed by atoms with Gasteiger partial charge < -0.3 is 24.0 Å². The maximum absolute atomic E-state index is 13.6. The Balaban J connectivity index is 0.985. The first-order chi connectivity index (χ1) is 22.8. The van der Waals surface area contributed by atoms with Crippen molar-refractivity contribution in [3.8, 4) is 11.5 Å². The zero-order chi connectivity index (χ0) is 32.8. The van der Waals surface area contributed by atoms with Gasteiger partial charge in [0.2, 0.25) is 10.0 Å². The van der Waals surface area contributed by atoms with Gasteiger partial charge in [0.05, 0.1) is 24.1 Å². The van der Waals surface area contributed by atoms with Crippen LogP contribution in [0.25, 0.3) is 0 Å². The van der Waals surface area contributed by atoms with E-state index in [1.165, 1.54) is 32.8 Å². The van der Waals surface area contributed by atoms with Gasteiger partial charge in [-0.3, -0.25) is 9.69 Å². The zero-order valence-electron chi connectivity index (χ0n) is 27.5. The van der Waals surface area contributed by atoms with Crippen LogP contribution in [0, 0.1) is 0 Å². The number of hydrogen-bond acceptors (Lipinski definition) is 8. The molecule has 0 aliphatic carbocycles. The summed E-state index contributed by atoms with van der Waals surface area (Å²) in [4.78, 5) is 32.2. The number of sulfonamides is 1. The van der Waals surface area contributed by atoms with Gasteiger partial charge in [-0.25, -0.2) is 17.5 Å². The molecule has 2 amide bonds. The quantitative estimate of drug-likeness (QED) is 0.352. The van der Waals surface area contributed by atoms with Crippen molar-refractivity contribution in [1.82, 2.24) is 14.1 Å². The summed E-state index contributed by atoms with van der Waals surface area (Å²) >= 11 is 0. The second-order valence-electron chi connectivity index (χ2n) is 13.1. The third-order valence-electron chi connectivity index (χ3n) is 9.99. The van der Waals surface area contributed by atoms with E-state index in [-0.39, 0.29) is 36.5 Å². The molecule has 0 spiro atoms. The largest absolute Gasteiger partial charge is 0.496 e. The molecule has 12 heteroatoms. The fourth-order valence-corrected chi connectivity index (χ4v) is 8.84. The van der Waals surface area contributed by atoms with Gasteiger partial charge in [0.15, 0.2) is 0 Å². The van der Waals surface area contributed by atoms with Crippen LogP contribution in [-0.2, 0) is 21.4 Å². The Bertz CT molecular complexity index is 1490. The van der Waals surface area contributed by atoms with Crippen LogP contribution in [0.4, 0.5) is 10.5 Å². The highest BCUT2D eigenvalue weighted by Crippen LogP contribution is 2.33. The molecule has 0 aromatic heterocycles. The molecular weight excluding hydrogens is 620 g/mol. The van der Waals surface area contributed by atoms with Gasteiger partial charge in [0.25, 0.3) is 5.91 Å². The van der Waals surface area contributed by atoms with E-state index >= 15 is 0 Å². The first kappa shape index (κ1) is 33.5. The number of para-hydroxylation sites is 1. The number of nitrogens with zero attached hydrogens (tertiary/aromatic N) is 4. The van der Waals surface area contributed by atoms with Gasteiger partial charge >= 0.3 is 6.09 Å². The molecule has 2 aromatic rings. The van der Waals surface area contributed by atoms with E-state index < -0.39 is 10.0 Å². The van der Waals surface area contributed by atoms with Crippen molar-refractivity contribution in [2.24, 2.45) is 0 Å². The lowest BCUT2D eigenvalue weighted by molar-refractivity contribution is 0.0705. The van der Waals surface area contributed by atoms with Crippen molar-refractivity contribution in [3.05, 3.63) is 53.6 Å². The summed E-state index contributed by atoms with van der Waals surface area (Å²) < 4.78 is 45.0. The van der Waals surface area contributed by atoms with Crippen LogP contribution in [0.3, 0.4) is 0 Å². The van der Waals surface area contributed by atoms with Crippen LogP contribution < -0.4 is 14.4 Å². The van der Waals surface area contributed by atoms with E-state index in [1.54, 1.807) is 32.3 Å². The summed E-state index contributed by atoms with van der Waals surface area (Å²) in [5.74, 6) is 1.10. The standard InChI is InChI=1S/C35H48N4O7S/c1-44-33-25-30(46-29-15-22-38(23-16-29)47(42,43)24-8-19-36-17-6-2-3-7-18-36)11-12-31(33)34(40)37-20-13-28(14-21-37)39-32-10-5-4-9-27(32)26-45-35(39)41/h4-5,9-12,25,28-29H,2-3,6-8,13-24,26H2,1H3. The predicted molar refractivity (Wildman–Crippen MR) is 180 cm³/mol. The molecule has 0 unspecified atom stereocenters. The van der Waals surface area contributed by atoms with Crippen molar-refractivity contribution in [1.29, 1.82) is 0 Å². The molecular formula is C35H48N4O7S. The molecule has 47 heavy (non-hydrogen) atoms. The van der Waals surface area contributed by atoms with Crippen LogP contribution >= 0.6 is 0 Å². The Hall–Kier alpha value is -3.35. The normalized spacial score (nSPS) is 20.7. The first-order valence-corrected chi connectivity index (χ1v) is 18.8. The van der Waals surface area contributed by atoms with Crippen LogP contribution in [0.2, 0.25) is 0 Å². The maximum Gasteiger partial charge on any atom is 0.414 e. The molecule has 3 saturated heterocycles. The number of likely N-dealkylation sites (tertiary alicyclic amines) is 2. The third kappa shape index (κ3) is 8.04. The smallest absolute Gasteiger partial charge is 0.414 e. The van der Waals surface area contributed by atoms with Crippen LogP contribution in [-0.4, -0.2) is 105 Å². The Morgan fingerprint density at radius 2 is 1.64 bits per heavy atom. The molecule has 0 saturated carbocycles. The highest BCUT2D eigenvalue weighted by molar-refractivity contribution is 7.89. The van der Waals surface area contributed by atoms with Crippen LogP contribution in [0.15, 0.2) is 42.5 Å². The molecule has 0 atom stereocenters. The Kier molecular flexibility index (Phi) is 10.9. The van der Waals surface area contributed by atoms with E-state index in [9.17, 15) is 18.0 Å². The number of amides is 2. The molecule has 0 N–H and O–H groups in total. The summed E-state index contributed by atoms with van der Waals surface area (Å²) in [6.07, 6.45) is 7.69. The van der Waals surface area contributed by atoms with Crippen molar-refractivity contribution in [3.63, 3.8) is 0 Å². The molecule has 4 aliphatic heterocycles. The number of cyclic esters (lactones) is 1. The third-order valence-corrected chi connectivity index (χ3v) is 11.9. The molecule has 11 nitrogen and oxygen atoms in total. The van der Waals surface area contributed by atoms with Crippen molar-refractivity contribution >= 4 is 27.7 Å². The van der Waals surface area contributed by atoms with Gasteiger partial charge in [-0.05, 0) is 82.8 Å². The lowest BCUT2D eigenvalue weighted by Gasteiger charge is -2.40. The molecule has 2 aromatic carbocycles. The summed E-state index contributed by atoms with van der Waals surface area (Å²) in [7, 11) is -1.75. The average Bonchev–Trinajstić information content (AvgIpc) is 3.37. The number of methoxy groups -OCH3 is 1. The summed E-state index contributed by atoms with van der Waals surface area (Å²) in [6, 6.07) is 13.0. The van der Waals surface area contributed by atoms with Gasteiger partial charge in [-0.15, -0.1) is 0 Å². The van der Waals surface area contributed by atoms with Crippen LogP contribution in [0.1, 0.15) is 73.7 Å². The average molecular weight is 669 g/mol. The van der Waals surface area contributed by atoms with E-state index in [0.717, 1.165) is 30.9 Å². The molecule has 0 radical (unpaired) electrons. The lowest BCUT2D eigenvalue weighted by Crippen LogP contribution is -2.50. The van der Waals surface area contributed by atoms with Crippen molar-refractivity contribution in [2.45, 2.75) is 76.5 Å².